The van der Waals surface area contributed by atoms with Gasteiger partial charge in [-0.2, -0.15) is 0 Å². The Kier molecular flexibility index (Phi) is 2.49. The van der Waals surface area contributed by atoms with E-state index in [9.17, 15) is 4.79 Å². The predicted molar refractivity (Wildman–Crippen MR) is 75.9 cm³/mol. The van der Waals surface area contributed by atoms with Crippen LogP contribution < -0.4 is 0 Å². The van der Waals surface area contributed by atoms with E-state index in [0.717, 1.165) is 30.4 Å². The number of aromatic nitrogens is 1. The lowest BCUT2D eigenvalue weighted by Crippen LogP contribution is -1.98. The number of hydrogen-bond donors (Lipinski definition) is 2. The van der Waals surface area contributed by atoms with Crippen LogP contribution in [-0.4, -0.2) is 16.1 Å². The van der Waals surface area contributed by atoms with Gasteiger partial charge in [-0.3, -0.25) is 0 Å². The molecular formula is C17H17NO2. The van der Waals surface area contributed by atoms with Crippen LogP contribution in [-0.2, 0) is 12.8 Å². The van der Waals surface area contributed by atoms with Crippen LogP contribution in [0.4, 0.5) is 0 Å². The fraction of sp³-hybridized carbons (Fsp3) is 0.353. The quantitative estimate of drug-likeness (QED) is 0.893. The van der Waals surface area contributed by atoms with Crippen molar-refractivity contribution in [1.82, 2.24) is 4.98 Å². The molecule has 1 heterocycles. The fourth-order valence-electron chi connectivity index (χ4n) is 3.89. The molecule has 1 saturated carbocycles. The Balaban J connectivity index is 1.44. The number of hydrogen-bond acceptors (Lipinski definition) is 1. The molecule has 0 saturated heterocycles. The normalized spacial score (nSPS) is 26.1. The molecule has 1 fully saturated rings. The van der Waals surface area contributed by atoms with Gasteiger partial charge < -0.3 is 10.1 Å². The molecule has 4 rings (SSSR count). The van der Waals surface area contributed by atoms with Crippen LogP contribution in [0.3, 0.4) is 0 Å². The minimum atomic E-state index is -0.850. The second-order valence-corrected chi connectivity index (χ2v) is 6.00. The maximum absolute atomic E-state index is 11.0. The van der Waals surface area contributed by atoms with E-state index in [1.807, 2.05) is 6.07 Å². The molecule has 0 bridgehead atoms. The summed E-state index contributed by atoms with van der Waals surface area (Å²) in [6, 6.07) is 12.4. The number of fused-ring (bicyclic) bond motifs is 3. The first-order valence-electron chi connectivity index (χ1n) is 7.23. The van der Waals surface area contributed by atoms with E-state index in [4.69, 9.17) is 5.11 Å². The van der Waals surface area contributed by atoms with Crippen LogP contribution in [0, 0.1) is 11.8 Å². The molecule has 2 aliphatic carbocycles. The van der Waals surface area contributed by atoms with Crippen molar-refractivity contribution in [3.8, 4) is 0 Å². The van der Waals surface area contributed by atoms with Gasteiger partial charge >= 0.3 is 5.97 Å². The van der Waals surface area contributed by atoms with Crippen LogP contribution >= 0.6 is 0 Å². The van der Waals surface area contributed by atoms with E-state index in [-0.39, 0.29) is 0 Å². The largest absolute Gasteiger partial charge is 0.477 e. The van der Waals surface area contributed by atoms with Gasteiger partial charge in [0.2, 0.25) is 0 Å². The van der Waals surface area contributed by atoms with Crippen molar-refractivity contribution in [2.45, 2.75) is 25.2 Å². The second kappa shape index (κ2) is 4.23. The van der Waals surface area contributed by atoms with Crippen molar-refractivity contribution in [2.24, 2.45) is 11.8 Å². The average molecular weight is 267 g/mol. The number of benzene rings is 1. The number of H-pyrrole nitrogens is 1. The highest BCUT2D eigenvalue weighted by molar-refractivity contribution is 5.86. The van der Waals surface area contributed by atoms with E-state index in [1.54, 1.807) is 0 Å². The Morgan fingerprint density at radius 1 is 1.30 bits per heavy atom. The number of aromatic carboxylic acids is 1. The highest BCUT2D eigenvalue weighted by Crippen LogP contribution is 2.63. The summed E-state index contributed by atoms with van der Waals surface area (Å²) in [6.07, 6.45) is 3.38. The molecule has 0 radical (unpaired) electrons. The molecule has 3 heteroatoms. The van der Waals surface area contributed by atoms with Gasteiger partial charge in [-0.05, 0) is 54.2 Å². The Morgan fingerprint density at radius 3 is 2.85 bits per heavy atom. The second-order valence-electron chi connectivity index (χ2n) is 6.00. The lowest BCUT2D eigenvalue weighted by Gasteiger charge is -2.04. The Bertz CT molecular complexity index is 659. The highest BCUT2D eigenvalue weighted by Gasteiger charge is 2.55. The minimum Gasteiger partial charge on any atom is -0.477 e. The summed E-state index contributed by atoms with van der Waals surface area (Å²) in [4.78, 5) is 14.0. The van der Waals surface area contributed by atoms with E-state index < -0.39 is 5.97 Å². The molecule has 102 valence electrons. The summed E-state index contributed by atoms with van der Waals surface area (Å²) in [6.45, 7) is 0. The molecule has 2 unspecified atom stereocenters. The van der Waals surface area contributed by atoms with Crippen LogP contribution in [0.1, 0.15) is 39.6 Å². The maximum Gasteiger partial charge on any atom is 0.352 e. The lowest BCUT2D eigenvalue weighted by atomic mass is 10.0. The predicted octanol–water partition coefficient (Wildman–Crippen LogP) is 3.23. The van der Waals surface area contributed by atoms with Crippen molar-refractivity contribution >= 4 is 5.97 Å². The number of carboxylic acids is 1. The van der Waals surface area contributed by atoms with Gasteiger partial charge in [-0.25, -0.2) is 4.79 Å². The van der Waals surface area contributed by atoms with Gasteiger partial charge in [-0.1, -0.05) is 30.3 Å². The zero-order valence-corrected chi connectivity index (χ0v) is 11.2. The van der Waals surface area contributed by atoms with Gasteiger partial charge in [0.05, 0.1) is 0 Å². The third-order valence-corrected chi connectivity index (χ3v) is 4.90. The van der Waals surface area contributed by atoms with E-state index in [2.05, 4.69) is 35.3 Å². The number of nitrogens with one attached hydrogen (secondary N) is 1. The molecule has 2 N–H and O–H groups in total. The number of carboxylic acid groups (broad SMARTS) is 1. The summed E-state index contributed by atoms with van der Waals surface area (Å²) < 4.78 is 0. The third-order valence-electron chi connectivity index (χ3n) is 4.90. The van der Waals surface area contributed by atoms with Crippen molar-refractivity contribution < 1.29 is 9.90 Å². The van der Waals surface area contributed by atoms with Crippen molar-refractivity contribution in [3.63, 3.8) is 0 Å². The lowest BCUT2D eigenvalue weighted by molar-refractivity contribution is 0.0691. The molecule has 2 aromatic rings. The van der Waals surface area contributed by atoms with E-state index in [0.29, 0.717) is 11.6 Å². The number of rotatable bonds is 4. The van der Waals surface area contributed by atoms with Crippen LogP contribution in [0.15, 0.2) is 36.4 Å². The smallest absolute Gasteiger partial charge is 0.352 e. The van der Waals surface area contributed by atoms with E-state index in [1.165, 1.54) is 17.5 Å². The van der Waals surface area contributed by atoms with Gasteiger partial charge in [0.15, 0.2) is 0 Å². The molecular weight excluding hydrogens is 250 g/mol. The van der Waals surface area contributed by atoms with Crippen LogP contribution in [0.2, 0.25) is 0 Å². The van der Waals surface area contributed by atoms with Gasteiger partial charge in [0.1, 0.15) is 5.69 Å². The molecule has 20 heavy (non-hydrogen) atoms. The number of aromatic amines is 1. The number of aryl methyl sites for hydroxylation is 1. The first-order chi connectivity index (χ1) is 9.74. The summed E-state index contributed by atoms with van der Waals surface area (Å²) >= 11 is 0. The molecule has 1 aromatic carbocycles. The first kappa shape index (κ1) is 11.8. The Morgan fingerprint density at radius 2 is 2.10 bits per heavy atom. The summed E-state index contributed by atoms with van der Waals surface area (Å²) in [5, 5.41) is 9.03. The van der Waals surface area contributed by atoms with Gasteiger partial charge in [0, 0.05) is 5.69 Å². The summed E-state index contributed by atoms with van der Waals surface area (Å²) in [7, 11) is 0. The van der Waals surface area contributed by atoms with Gasteiger partial charge in [0.25, 0.3) is 0 Å². The van der Waals surface area contributed by atoms with Gasteiger partial charge in [-0.15, -0.1) is 0 Å². The first-order valence-corrected chi connectivity index (χ1v) is 7.23. The Labute approximate surface area is 117 Å². The molecule has 2 aliphatic rings. The van der Waals surface area contributed by atoms with E-state index >= 15 is 0 Å². The molecule has 0 aliphatic heterocycles. The highest BCUT2D eigenvalue weighted by atomic mass is 16.4. The molecule has 0 amide bonds. The zero-order chi connectivity index (χ0) is 13.7. The zero-order valence-electron chi connectivity index (χ0n) is 11.2. The summed E-state index contributed by atoms with van der Waals surface area (Å²) in [5.74, 6) is 1.26. The average Bonchev–Trinajstić information content (AvgIpc) is 2.81. The molecule has 3 nitrogen and oxygen atoms in total. The molecule has 0 spiro atoms. The maximum atomic E-state index is 11.0. The van der Waals surface area contributed by atoms with Crippen molar-refractivity contribution in [3.05, 3.63) is 58.9 Å². The third kappa shape index (κ3) is 1.77. The molecule has 1 aromatic heterocycles. The standard InChI is InChI=1S/C17H17NO2/c19-17(20)15-9-13-14(18-15)8-12-11(16(12)13)7-6-10-4-2-1-3-5-10/h1-5,9,11-12,16,18H,6-8H2,(H,19,20)/t11-,12?,16?/m0/s1. The minimum absolute atomic E-state index is 0.349. The van der Waals surface area contributed by atoms with Crippen LogP contribution in [0.5, 0.6) is 0 Å². The molecule has 3 atom stereocenters. The van der Waals surface area contributed by atoms with Crippen molar-refractivity contribution in [2.75, 3.05) is 0 Å². The number of carbonyl (C=O) groups is 1. The fourth-order valence-corrected chi connectivity index (χ4v) is 3.89. The summed E-state index contributed by atoms with van der Waals surface area (Å²) in [5.41, 5.74) is 4.18. The van der Waals surface area contributed by atoms with Crippen molar-refractivity contribution in [1.29, 1.82) is 0 Å². The topological polar surface area (TPSA) is 53.1 Å². The monoisotopic (exact) mass is 267 g/mol. The Hall–Kier alpha value is -2.03. The SMILES string of the molecule is O=C(O)c1cc2c([nH]1)CC1C2[C@H]1CCc1ccccc1. The van der Waals surface area contributed by atoms with Crippen LogP contribution in [0.25, 0.3) is 0 Å².